The van der Waals surface area contributed by atoms with Crippen molar-refractivity contribution in [3.05, 3.63) is 41.3 Å². The summed E-state index contributed by atoms with van der Waals surface area (Å²) < 4.78 is 1.87. The van der Waals surface area contributed by atoms with Gasteiger partial charge in [0.2, 0.25) is 0 Å². The first-order valence-electron chi connectivity index (χ1n) is 11.3. The lowest BCUT2D eigenvalue weighted by Crippen LogP contribution is -2.39. The van der Waals surface area contributed by atoms with Crippen molar-refractivity contribution in [3.63, 3.8) is 0 Å². The van der Waals surface area contributed by atoms with Crippen molar-refractivity contribution in [2.45, 2.75) is 53.5 Å². The minimum absolute atomic E-state index is 0. The zero-order valence-corrected chi connectivity index (χ0v) is 21.7. The number of hydrogen-bond donors (Lipinski definition) is 2. The van der Waals surface area contributed by atoms with Gasteiger partial charge in [-0.3, -0.25) is 0 Å². The van der Waals surface area contributed by atoms with Crippen LogP contribution in [0.4, 0.5) is 0 Å². The van der Waals surface area contributed by atoms with E-state index in [9.17, 15) is 0 Å². The van der Waals surface area contributed by atoms with Crippen molar-refractivity contribution in [1.82, 2.24) is 30.3 Å². The fourth-order valence-electron chi connectivity index (χ4n) is 3.80. The van der Waals surface area contributed by atoms with Gasteiger partial charge in [0.15, 0.2) is 11.8 Å². The van der Waals surface area contributed by atoms with E-state index in [1.54, 1.807) is 0 Å². The number of likely N-dealkylation sites (tertiary alicyclic amines) is 1. The summed E-state index contributed by atoms with van der Waals surface area (Å²) in [5.41, 5.74) is 3.17. The number of nitrogens with zero attached hydrogens (tertiary/aromatic N) is 5. The molecule has 3 rings (SSSR count). The van der Waals surface area contributed by atoms with Gasteiger partial charge in [-0.25, -0.2) is 14.7 Å². The van der Waals surface area contributed by atoms with Crippen LogP contribution in [0.15, 0.2) is 29.4 Å². The smallest absolute Gasteiger partial charge is 0.191 e. The van der Waals surface area contributed by atoms with E-state index in [-0.39, 0.29) is 24.0 Å². The fraction of sp³-hybridized carbons (Fsp3) is 0.609. The van der Waals surface area contributed by atoms with Gasteiger partial charge < -0.3 is 15.5 Å². The number of nitrogens with one attached hydrogen (secondary N) is 2. The van der Waals surface area contributed by atoms with Gasteiger partial charge in [0.05, 0.1) is 12.2 Å². The van der Waals surface area contributed by atoms with Crippen LogP contribution in [-0.2, 0) is 6.54 Å². The molecule has 0 aromatic carbocycles. The van der Waals surface area contributed by atoms with Crippen LogP contribution in [0, 0.1) is 19.8 Å². The molecule has 31 heavy (non-hydrogen) atoms. The summed E-state index contributed by atoms with van der Waals surface area (Å²) in [7, 11) is 0. The largest absolute Gasteiger partial charge is 0.357 e. The minimum Gasteiger partial charge on any atom is -0.357 e. The lowest BCUT2D eigenvalue weighted by atomic mass is 9.99. The first kappa shape index (κ1) is 25.6. The number of aryl methyl sites for hydroxylation is 2. The Morgan fingerprint density at radius 1 is 1.19 bits per heavy atom. The second-order valence-corrected chi connectivity index (χ2v) is 8.36. The van der Waals surface area contributed by atoms with E-state index in [1.807, 2.05) is 30.8 Å². The Bertz CT molecular complexity index is 808. The molecular weight excluding hydrogens is 501 g/mol. The van der Waals surface area contributed by atoms with Crippen molar-refractivity contribution in [1.29, 1.82) is 0 Å². The molecule has 8 heteroatoms. The van der Waals surface area contributed by atoms with Crippen molar-refractivity contribution in [2.75, 3.05) is 32.7 Å². The highest BCUT2D eigenvalue weighted by atomic mass is 127. The second kappa shape index (κ2) is 13.0. The molecule has 0 radical (unpaired) electrons. The van der Waals surface area contributed by atoms with Gasteiger partial charge in [0, 0.05) is 25.0 Å². The summed E-state index contributed by atoms with van der Waals surface area (Å²) in [5, 5.41) is 11.3. The topological polar surface area (TPSA) is 70.4 Å². The van der Waals surface area contributed by atoms with Crippen LogP contribution in [0.2, 0.25) is 0 Å². The number of aromatic nitrogens is 3. The molecule has 1 aliphatic rings. The molecule has 0 atom stereocenters. The number of guanidine groups is 1. The maximum atomic E-state index is 4.72. The molecule has 7 nitrogen and oxygen atoms in total. The average molecular weight is 540 g/mol. The number of hydrogen-bond acceptors (Lipinski definition) is 4. The minimum atomic E-state index is 0. The first-order chi connectivity index (χ1) is 14.5. The molecule has 0 spiro atoms. The van der Waals surface area contributed by atoms with E-state index < -0.39 is 0 Å². The van der Waals surface area contributed by atoms with Gasteiger partial charge in [-0.1, -0.05) is 13.0 Å². The van der Waals surface area contributed by atoms with Crippen LogP contribution in [-0.4, -0.2) is 58.3 Å². The summed E-state index contributed by atoms with van der Waals surface area (Å²) in [5.74, 6) is 2.60. The van der Waals surface area contributed by atoms with Crippen molar-refractivity contribution < 1.29 is 0 Å². The molecule has 0 amide bonds. The molecule has 2 N–H and O–H groups in total. The third-order valence-electron chi connectivity index (χ3n) is 5.62. The molecule has 1 saturated heterocycles. The zero-order valence-electron chi connectivity index (χ0n) is 19.4. The van der Waals surface area contributed by atoms with E-state index in [2.05, 4.69) is 51.6 Å². The number of rotatable bonds is 8. The fourth-order valence-corrected chi connectivity index (χ4v) is 3.80. The standard InChI is InChI=1S/C23H37N7.HI/c1-5-24-23(25-11-6-12-29-13-9-18(2)10-14-29)27-17-21-7-8-22(26-16-21)30-20(4)15-19(3)28-30;/h7-8,15-16,18H,5-6,9-14,17H2,1-4H3,(H2,24,25,27);1H. The molecule has 172 valence electrons. The van der Waals surface area contributed by atoms with Crippen LogP contribution in [0.1, 0.15) is 50.1 Å². The Morgan fingerprint density at radius 2 is 1.97 bits per heavy atom. The molecule has 0 aliphatic carbocycles. The Labute approximate surface area is 204 Å². The second-order valence-electron chi connectivity index (χ2n) is 8.36. The molecule has 3 heterocycles. The van der Waals surface area contributed by atoms with E-state index in [0.29, 0.717) is 6.54 Å². The van der Waals surface area contributed by atoms with Gasteiger partial charge in [-0.05, 0) is 83.3 Å². The van der Waals surface area contributed by atoms with Crippen molar-refractivity contribution >= 4 is 29.9 Å². The normalized spacial score (nSPS) is 15.5. The van der Waals surface area contributed by atoms with Gasteiger partial charge in [-0.2, -0.15) is 5.10 Å². The van der Waals surface area contributed by atoms with Crippen LogP contribution in [0.3, 0.4) is 0 Å². The van der Waals surface area contributed by atoms with Crippen LogP contribution >= 0.6 is 24.0 Å². The molecule has 1 aliphatic heterocycles. The number of halogens is 1. The average Bonchev–Trinajstić information content (AvgIpc) is 3.09. The highest BCUT2D eigenvalue weighted by molar-refractivity contribution is 14.0. The van der Waals surface area contributed by atoms with Crippen LogP contribution in [0.25, 0.3) is 5.82 Å². The zero-order chi connectivity index (χ0) is 21.3. The summed E-state index contributed by atoms with van der Waals surface area (Å²) in [6, 6.07) is 6.13. The molecule has 2 aromatic heterocycles. The summed E-state index contributed by atoms with van der Waals surface area (Å²) in [6.45, 7) is 14.5. The third-order valence-corrected chi connectivity index (χ3v) is 5.62. The van der Waals surface area contributed by atoms with Crippen LogP contribution < -0.4 is 10.6 Å². The highest BCUT2D eigenvalue weighted by Crippen LogP contribution is 2.15. The monoisotopic (exact) mass is 539 g/mol. The maximum Gasteiger partial charge on any atom is 0.191 e. The number of piperidine rings is 1. The summed E-state index contributed by atoms with van der Waals surface area (Å²) in [4.78, 5) is 11.9. The Kier molecular flexibility index (Phi) is 10.7. The lowest BCUT2D eigenvalue weighted by Gasteiger charge is -2.30. The molecule has 0 bridgehead atoms. The van der Waals surface area contributed by atoms with Crippen LogP contribution in [0.5, 0.6) is 0 Å². The van der Waals surface area contributed by atoms with E-state index in [0.717, 1.165) is 60.7 Å². The first-order valence-corrected chi connectivity index (χ1v) is 11.3. The quantitative estimate of drug-likeness (QED) is 0.232. The number of aliphatic imine (C=N–C) groups is 1. The summed E-state index contributed by atoms with van der Waals surface area (Å²) >= 11 is 0. The SMILES string of the molecule is CCNC(=NCc1ccc(-n2nc(C)cc2C)nc1)NCCCN1CCC(C)CC1.I. The summed E-state index contributed by atoms with van der Waals surface area (Å²) in [6.07, 6.45) is 5.70. The Morgan fingerprint density at radius 3 is 2.58 bits per heavy atom. The highest BCUT2D eigenvalue weighted by Gasteiger charge is 2.14. The molecule has 1 fully saturated rings. The molecular formula is C23H38IN7. The van der Waals surface area contributed by atoms with Gasteiger partial charge in [0.1, 0.15) is 0 Å². The predicted molar refractivity (Wildman–Crippen MR) is 139 cm³/mol. The molecule has 2 aromatic rings. The van der Waals surface area contributed by atoms with Gasteiger partial charge in [-0.15, -0.1) is 24.0 Å². The number of pyridine rings is 1. The van der Waals surface area contributed by atoms with Gasteiger partial charge in [0.25, 0.3) is 0 Å². The van der Waals surface area contributed by atoms with Gasteiger partial charge >= 0.3 is 0 Å². The Hall–Kier alpha value is -1.68. The maximum absolute atomic E-state index is 4.72. The van der Waals surface area contributed by atoms with Crippen molar-refractivity contribution in [3.8, 4) is 5.82 Å². The van der Waals surface area contributed by atoms with E-state index in [4.69, 9.17) is 4.99 Å². The third kappa shape index (κ3) is 8.07. The molecule has 0 unspecified atom stereocenters. The molecule has 0 saturated carbocycles. The van der Waals surface area contributed by atoms with Crippen molar-refractivity contribution in [2.24, 2.45) is 10.9 Å². The Balaban J connectivity index is 0.00000341. The lowest BCUT2D eigenvalue weighted by molar-refractivity contribution is 0.191. The van der Waals surface area contributed by atoms with E-state index >= 15 is 0 Å². The van der Waals surface area contributed by atoms with E-state index in [1.165, 1.54) is 25.9 Å². The predicted octanol–water partition coefficient (Wildman–Crippen LogP) is 3.68.